The molecule has 0 aromatic rings. The standard InChI is InChI=1S/C10H15NO5/c1-3-15-9(13)8-5-7(12)6-11(8)10(14)16-4-2/h8H,3-6H2,1-2H3/t8-/m1/s1. The summed E-state index contributed by atoms with van der Waals surface area (Å²) in [4.78, 5) is 35.3. The van der Waals surface area contributed by atoms with Crippen LogP contribution in [0, 0.1) is 0 Å². The molecule has 1 saturated heterocycles. The van der Waals surface area contributed by atoms with Crippen molar-refractivity contribution in [1.29, 1.82) is 0 Å². The first kappa shape index (κ1) is 12.5. The Kier molecular flexibility index (Phi) is 4.28. The molecule has 0 saturated carbocycles. The van der Waals surface area contributed by atoms with Gasteiger partial charge >= 0.3 is 12.1 Å². The fourth-order valence-electron chi connectivity index (χ4n) is 1.54. The average Bonchev–Trinajstić information content (AvgIpc) is 2.61. The second-order valence-corrected chi connectivity index (χ2v) is 3.34. The maximum Gasteiger partial charge on any atom is 0.410 e. The Morgan fingerprint density at radius 1 is 1.31 bits per heavy atom. The minimum atomic E-state index is -0.827. The van der Waals surface area contributed by atoms with E-state index < -0.39 is 18.1 Å². The molecule has 0 bridgehead atoms. The summed E-state index contributed by atoms with van der Waals surface area (Å²) in [5.74, 6) is -0.715. The third-order valence-corrected chi connectivity index (χ3v) is 2.20. The Morgan fingerprint density at radius 2 is 1.94 bits per heavy atom. The van der Waals surface area contributed by atoms with E-state index in [0.29, 0.717) is 0 Å². The molecule has 1 amide bonds. The molecule has 0 aromatic heterocycles. The molecule has 0 spiro atoms. The van der Waals surface area contributed by atoms with Crippen LogP contribution in [0.3, 0.4) is 0 Å². The number of likely N-dealkylation sites (tertiary alicyclic amines) is 1. The predicted octanol–water partition coefficient (Wildman–Crippen LogP) is 0.349. The molecule has 90 valence electrons. The molecular weight excluding hydrogens is 214 g/mol. The van der Waals surface area contributed by atoms with Crippen LogP contribution in [0.2, 0.25) is 0 Å². The van der Waals surface area contributed by atoms with E-state index in [1.54, 1.807) is 13.8 Å². The smallest absolute Gasteiger partial charge is 0.410 e. The van der Waals surface area contributed by atoms with Crippen molar-refractivity contribution in [3.05, 3.63) is 0 Å². The van der Waals surface area contributed by atoms with E-state index in [2.05, 4.69) is 0 Å². The van der Waals surface area contributed by atoms with Gasteiger partial charge in [-0.3, -0.25) is 9.69 Å². The van der Waals surface area contributed by atoms with Crippen LogP contribution in [-0.2, 0) is 19.1 Å². The average molecular weight is 229 g/mol. The van der Waals surface area contributed by atoms with Crippen LogP contribution in [0.1, 0.15) is 20.3 Å². The molecule has 1 heterocycles. The number of ether oxygens (including phenoxy) is 2. The van der Waals surface area contributed by atoms with E-state index in [4.69, 9.17) is 9.47 Å². The first-order chi connectivity index (χ1) is 7.60. The molecule has 0 aromatic carbocycles. The molecule has 1 fully saturated rings. The van der Waals surface area contributed by atoms with E-state index in [1.165, 1.54) is 0 Å². The van der Waals surface area contributed by atoms with E-state index in [1.807, 2.05) is 0 Å². The van der Waals surface area contributed by atoms with Gasteiger partial charge in [-0.1, -0.05) is 0 Å². The van der Waals surface area contributed by atoms with Gasteiger partial charge in [0.05, 0.1) is 19.8 Å². The molecule has 6 heteroatoms. The zero-order valence-corrected chi connectivity index (χ0v) is 9.39. The van der Waals surface area contributed by atoms with Gasteiger partial charge in [0.15, 0.2) is 5.78 Å². The number of carbonyl (C=O) groups excluding carboxylic acids is 3. The lowest BCUT2D eigenvalue weighted by molar-refractivity contribution is -0.148. The SMILES string of the molecule is CCOC(=O)[C@H]1CC(=O)CN1C(=O)OCC. The second-order valence-electron chi connectivity index (χ2n) is 3.34. The molecular formula is C10H15NO5. The van der Waals surface area contributed by atoms with Crippen LogP contribution in [0.4, 0.5) is 4.79 Å². The number of nitrogens with zero attached hydrogens (tertiary/aromatic N) is 1. The highest BCUT2D eigenvalue weighted by atomic mass is 16.6. The summed E-state index contributed by atoms with van der Waals surface area (Å²) < 4.78 is 9.55. The quantitative estimate of drug-likeness (QED) is 0.653. The van der Waals surface area contributed by atoms with Crippen LogP contribution >= 0.6 is 0 Å². The number of amides is 1. The summed E-state index contributed by atoms with van der Waals surface area (Å²) in [7, 11) is 0. The number of esters is 1. The first-order valence-corrected chi connectivity index (χ1v) is 5.21. The number of Topliss-reactive ketones (excluding diaryl/α,β-unsaturated/α-hetero) is 1. The molecule has 0 aliphatic carbocycles. The summed E-state index contributed by atoms with van der Waals surface area (Å²) in [6, 6.07) is -0.827. The van der Waals surface area contributed by atoms with Crippen LogP contribution in [-0.4, -0.2) is 48.5 Å². The third kappa shape index (κ3) is 2.71. The highest BCUT2D eigenvalue weighted by Crippen LogP contribution is 2.17. The maximum atomic E-state index is 11.5. The van der Waals surface area contributed by atoms with Gasteiger partial charge in [0.1, 0.15) is 6.04 Å². The topological polar surface area (TPSA) is 72.9 Å². The number of carbonyl (C=O) groups is 3. The van der Waals surface area contributed by atoms with Crippen LogP contribution < -0.4 is 0 Å². The Labute approximate surface area is 93.5 Å². The Morgan fingerprint density at radius 3 is 2.50 bits per heavy atom. The monoisotopic (exact) mass is 229 g/mol. The van der Waals surface area contributed by atoms with Crippen molar-refractivity contribution in [3.8, 4) is 0 Å². The summed E-state index contributed by atoms with van der Waals surface area (Å²) >= 11 is 0. The number of ketones is 1. The Bertz CT molecular complexity index is 274. The molecule has 1 aliphatic rings. The highest BCUT2D eigenvalue weighted by molar-refractivity contribution is 5.95. The highest BCUT2D eigenvalue weighted by Gasteiger charge is 2.40. The molecule has 1 rings (SSSR count). The van der Waals surface area contributed by atoms with E-state index in [0.717, 1.165) is 4.90 Å². The zero-order valence-electron chi connectivity index (χ0n) is 9.39. The van der Waals surface area contributed by atoms with Crippen LogP contribution in [0.15, 0.2) is 0 Å². The van der Waals surface area contributed by atoms with Crippen molar-refractivity contribution < 1.29 is 23.9 Å². The minimum absolute atomic E-state index is 0.0116. The Hall–Kier alpha value is -1.59. The number of rotatable bonds is 3. The van der Waals surface area contributed by atoms with Gasteiger partial charge in [0.25, 0.3) is 0 Å². The molecule has 6 nitrogen and oxygen atoms in total. The van der Waals surface area contributed by atoms with Gasteiger partial charge in [-0.05, 0) is 13.8 Å². The lowest BCUT2D eigenvalue weighted by Crippen LogP contribution is -2.41. The molecule has 1 aliphatic heterocycles. The second kappa shape index (κ2) is 5.48. The summed E-state index contributed by atoms with van der Waals surface area (Å²) in [5.41, 5.74) is 0. The van der Waals surface area contributed by atoms with Crippen molar-refractivity contribution in [2.24, 2.45) is 0 Å². The van der Waals surface area contributed by atoms with Gasteiger partial charge < -0.3 is 9.47 Å². The van der Waals surface area contributed by atoms with Gasteiger partial charge in [0.2, 0.25) is 0 Å². The predicted molar refractivity (Wildman–Crippen MR) is 53.8 cm³/mol. The van der Waals surface area contributed by atoms with E-state index in [-0.39, 0.29) is 32.0 Å². The fourth-order valence-corrected chi connectivity index (χ4v) is 1.54. The third-order valence-electron chi connectivity index (χ3n) is 2.20. The summed E-state index contributed by atoms with van der Waals surface area (Å²) in [6.45, 7) is 3.68. The van der Waals surface area contributed by atoms with Crippen LogP contribution in [0.5, 0.6) is 0 Å². The molecule has 0 radical (unpaired) electrons. The first-order valence-electron chi connectivity index (χ1n) is 5.21. The number of hydrogen-bond donors (Lipinski definition) is 0. The molecule has 1 atom stereocenters. The van der Waals surface area contributed by atoms with Gasteiger partial charge in [-0.25, -0.2) is 9.59 Å². The normalized spacial score (nSPS) is 19.8. The van der Waals surface area contributed by atoms with E-state index >= 15 is 0 Å². The van der Waals surface area contributed by atoms with Gasteiger partial charge in [-0.15, -0.1) is 0 Å². The summed E-state index contributed by atoms with van der Waals surface area (Å²) in [6.07, 6.45) is -0.635. The van der Waals surface area contributed by atoms with Crippen molar-refractivity contribution in [2.75, 3.05) is 19.8 Å². The minimum Gasteiger partial charge on any atom is -0.464 e. The summed E-state index contributed by atoms with van der Waals surface area (Å²) in [5, 5.41) is 0. The fraction of sp³-hybridized carbons (Fsp3) is 0.700. The molecule has 0 unspecified atom stereocenters. The van der Waals surface area contributed by atoms with Gasteiger partial charge in [-0.2, -0.15) is 0 Å². The molecule has 16 heavy (non-hydrogen) atoms. The molecule has 0 N–H and O–H groups in total. The van der Waals surface area contributed by atoms with Crippen molar-refractivity contribution >= 4 is 17.8 Å². The lowest BCUT2D eigenvalue weighted by Gasteiger charge is -2.20. The Balaban J connectivity index is 2.69. The van der Waals surface area contributed by atoms with Crippen molar-refractivity contribution in [2.45, 2.75) is 26.3 Å². The number of hydrogen-bond acceptors (Lipinski definition) is 5. The largest absolute Gasteiger partial charge is 0.464 e. The van der Waals surface area contributed by atoms with Gasteiger partial charge in [0, 0.05) is 6.42 Å². The lowest BCUT2D eigenvalue weighted by atomic mass is 10.2. The maximum absolute atomic E-state index is 11.5. The van der Waals surface area contributed by atoms with Crippen LogP contribution in [0.25, 0.3) is 0 Å². The van der Waals surface area contributed by atoms with Crippen molar-refractivity contribution in [3.63, 3.8) is 0 Å². The van der Waals surface area contributed by atoms with E-state index in [9.17, 15) is 14.4 Å². The zero-order chi connectivity index (χ0) is 12.1. The van der Waals surface area contributed by atoms with Crippen molar-refractivity contribution in [1.82, 2.24) is 4.90 Å².